The maximum absolute atomic E-state index is 13.1. The van der Waals surface area contributed by atoms with Crippen LogP contribution in [0, 0.1) is 0 Å². The van der Waals surface area contributed by atoms with Gasteiger partial charge in [0.05, 0.1) is 7.11 Å². The molecule has 0 radical (unpaired) electrons. The molecule has 0 saturated carbocycles. The molecule has 3 rings (SSSR count). The number of carbonyl (C=O) groups excluding carboxylic acids is 3. The molecule has 2 aromatic carbocycles. The van der Waals surface area contributed by atoms with Gasteiger partial charge in [-0.05, 0) is 41.8 Å². The van der Waals surface area contributed by atoms with E-state index in [-0.39, 0.29) is 13.1 Å². The molecular weight excluding hydrogens is 394 g/mol. The highest BCUT2D eigenvalue weighted by Crippen LogP contribution is 2.33. The van der Waals surface area contributed by atoms with Crippen LogP contribution < -0.4 is 15.4 Å². The Morgan fingerprint density at radius 3 is 2.38 bits per heavy atom. The van der Waals surface area contributed by atoms with Crippen LogP contribution in [0.15, 0.2) is 48.5 Å². The molecule has 1 heterocycles. The van der Waals surface area contributed by atoms with Gasteiger partial charge in [0.2, 0.25) is 5.91 Å². The van der Waals surface area contributed by atoms with Gasteiger partial charge in [0.1, 0.15) is 17.8 Å². The Morgan fingerprint density at radius 1 is 1.14 bits per heavy atom. The number of amides is 4. The molecule has 1 aliphatic heterocycles. The second kappa shape index (κ2) is 8.53. The Balaban J connectivity index is 1.67. The van der Waals surface area contributed by atoms with Crippen molar-refractivity contribution in [1.82, 2.24) is 15.5 Å². The van der Waals surface area contributed by atoms with E-state index in [1.807, 2.05) is 12.1 Å². The average molecular weight is 416 g/mol. The number of nitrogens with zero attached hydrogens (tertiary/aromatic N) is 1. The van der Waals surface area contributed by atoms with Crippen LogP contribution in [0.5, 0.6) is 5.75 Å². The van der Waals surface area contributed by atoms with Gasteiger partial charge in [0.25, 0.3) is 5.91 Å². The van der Waals surface area contributed by atoms with Crippen LogP contribution in [0.3, 0.4) is 0 Å². The minimum absolute atomic E-state index is 0.280. The summed E-state index contributed by atoms with van der Waals surface area (Å²) in [4.78, 5) is 38.8. The molecule has 29 heavy (non-hydrogen) atoms. The molecule has 7 nitrogen and oxygen atoms in total. The number of rotatable bonds is 7. The number of hydrogen-bond donors (Lipinski definition) is 2. The summed E-state index contributed by atoms with van der Waals surface area (Å²) in [5.74, 6) is -0.156. The van der Waals surface area contributed by atoms with Crippen molar-refractivity contribution in [1.29, 1.82) is 0 Å². The number of urea groups is 1. The van der Waals surface area contributed by atoms with Crippen molar-refractivity contribution in [2.75, 3.05) is 13.7 Å². The van der Waals surface area contributed by atoms with E-state index in [0.717, 1.165) is 16.2 Å². The van der Waals surface area contributed by atoms with Gasteiger partial charge in [-0.2, -0.15) is 0 Å². The van der Waals surface area contributed by atoms with Gasteiger partial charge >= 0.3 is 6.03 Å². The zero-order chi connectivity index (χ0) is 21.0. The van der Waals surface area contributed by atoms with Gasteiger partial charge in [-0.25, -0.2) is 4.79 Å². The Hall–Kier alpha value is -3.06. The third-order valence-corrected chi connectivity index (χ3v) is 5.25. The lowest BCUT2D eigenvalue weighted by Crippen LogP contribution is -2.44. The number of imide groups is 1. The van der Waals surface area contributed by atoms with E-state index in [9.17, 15) is 14.4 Å². The van der Waals surface area contributed by atoms with Crippen LogP contribution in [0.1, 0.15) is 24.5 Å². The molecule has 2 N–H and O–H groups in total. The van der Waals surface area contributed by atoms with Gasteiger partial charge in [-0.15, -0.1) is 0 Å². The molecule has 0 spiro atoms. The fourth-order valence-corrected chi connectivity index (χ4v) is 3.41. The van der Waals surface area contributed by atoms with Crippen LogP contribution in [0.2, 0.25) is 5.02 Å². The lowest BCUT2D eigenvalue weighted by molar-refractivity contribution is -0.135. The first-order valence-corrected chi connectivity index (χ1v) is 9.57. The summed E-state index contributed by atoms with van der Waals surface area (Å²) in [6, 6.07) is 13.4. The first-order chi connectivity index (χ1) is 13.9. The highest BCUT2D eigenvalue weighted by Gasteiger charge is 2.51. The van der Waals surface area contributed by atoms with Gasteiger partial charge in [0, 0.05) is 11.6 Å². The molecule has 1 saturated heterocycles. The van der Waals surface area contributed by atoms with E-state index in [1.165, 1.54) is 0 Å². The molecule has 2 aromatic rings. The number of carbonyl (C=O) groups is 3. The molecule has 152 valence electrons. The summed E-state index contributed by atoms with van der Waals surface area (Å²) in [7, 11) is 1.58. The van der Waals surface area contributed by atoms with E-state index >= 15 is 0 Å². The summed E-state index contributed by atoms with van der Waals surface area (Å²) >= 11 is 5.93. The number of nitrogens with one attached hydrogen (secondary N) is 2. The quantitative estimate of drug-likeness (QED) is 0.681. The van der Waals surface area contributed by atoms with Gasteiger partial charge in [-0.3, -0.25) is 14.5 Å². The van der Waals surface area contributed by atoms with Crippen molar-refractivity contribution >= 4 is 29.4 Å². The second-order valence-electron chi connectivity index (χ2n) is 6.71. The number of benzene rings is 2. The van der Waals surface area contributed by atoms with Crippen molar-refractivity contribution in [3.63, 3.8) is 0 Å². The minimum Gasteiger partial charge on any atom is -0.497 e. The van der Waals surface area contributed by atoms with Crippen molar-refractivity contribution in [3.05, 3.63) is 64.7 Å². The first kappa shape index (κ1) is 20.7. The maximum Gasteiger partial charge on any atom is 0.325 e. The van der Waals surface area contributed by atoms with Gasteiger partial charge in [0.15, 0.2) is 0 Å². The third-order valence-electron chi connectivity index (χ3n) is 4.99. The third kappa shape index (κ3) is 4.19. The zero-order valence-electron chi connectivity index (χ0n) is 16.2. The summed E-state index contributed by atoms with van der Waals surface area (Å²) in [6.07, 6.45) is 0.350. The number of methoxy groups -OCH3 is 1. The molecule has 0 aromatic heterocycles. The second-order valence-corrected chi connectivity index (χ2v) is 7.15. The molecule has 1 atom stereocenters. The minimum atomic E-state index is -1.20. The van der Waals surface area contributed by atoms with E-state index < -0.39 is 23.4 Å². The van der Waals surface area contributed by atoms with E-state index in [0.29, 0.717) is 17.0 Å². The van der Waals surface area contributed by atoms with Crippen molar-refractivity contribution < 1.29 is 19.1 Å². The Morgan fingerprint density at radius 2 is 1.79 bits per heavy atom. The maximum atomic E-state index is 13.1. The van der Waals surface area contributed by atoms with Crippen LogP contribution in [-0.4, -0.2) is 36.4 Å². The predicted octanol–water partition coefficient (Wildman–Crippen LogP) is 2.82. The number of halogens is 1. The molecule has 4 amide bonds. The summed E-state index contributed by atoms with van der Waals surface area (Å²) in [6.45, 7) is 1.73. The first-order valence-electron chi connectivity index (χ1n) is 9.19. The summed E-state index contributed by atoms with van der Waals surface area (Å²) in [5.41, 5.74) is 0.307. The molecule has 0 bridgehead atoms. The van der Waals surface area contributed by atoms with Crippen LogP contribution >= 0.6 is 11.6 Å². The van der Waals surface area contributed by atoms with Crippen LogP contribution in [0.4, 0.5) is 4.79 Å². The Labute approximate surface area is 174 Å². The summed E-state index contributed by atoms with van der Waals surface area (Å²) in [5, 5.41) is 6.00. The SMILES string of the molecule is CC[C@]1(c2ccc(Cl)cc2)NC(=O)N(CC(=O)NCc2ccc(OC)cc2)C1=O. The van der Waals surface area contributed by atoms with E-state index in [2.05, 4.69) is 10.6 Å². The number of ether oxygens (including phenoxy) is 1. The Bertz CT molecular complexity index is 915. The normalized spacial score (nSPS) is 18.5. The number of hydrogen-bond acceptors (Lipinski definition) is 4. The molecule has 1 fully saturated rings. The highest BCUT2D eigenvalue weighted by atomic mass is 35.5. The molecular formula is C21H22ClN3O4. The lowest BCUT2D eigenvalue weighted by atomic mass is 9.87. The molecule has 8 heteroatoms. The van der Waals surface area contributed by atoms with Crippen molar-refractivity contribution in [2.24, 2.45) is 0 Å². The molecule has 0 aliphatic carbocycles. The van der Waals surface area contributed by atoms with E-state index in [1.54, 1.807) is 50.4 Å². The van der Waals surface area contributed by atoms with Crippen molar-refractivity contribution in [3.8, 4) is 5.75 Å². The average Bonchev–Trinajstić information content (AvgIpc) is 2.98. The fraction of sp³-hybridized carbons (Fsp3) is 0.286. The van der Waals surface area contributed by atoms with Gasteiger partial charge < -0.3 is 15.4 Å². The lowest BCUT2D eigenvalue weighted by Gasteiger charge is -2.25. The van der Waals surface area contributed by atoms with Crippen LogP contribution in [-0.2, 0) is 21.7 Å². The smallest absolute Gasteiger partial charge is 0.325 e. The van der Waals surface area contributed by atoms with Gasteiger partial charge in [-0.1, -0.05) is 42.8 Å². The summed E-state index contributed by atoms with van der Waals surface area (Å²) < 4.78 is 5.10. The standard InChI is InChI=1S/C21H22ClN3O4/c1-3-21(15-6-8-16(22)9-7-15)19(27)25(20(28)24-21)13-18(26)23-12-14-4-10-17(29-2)11-5-14/h4-11H,3,12-13H2,1-2H3,(H,23,26)(H,24,28)/t21-/m1/s1. The fourth-order valence-electron chi connectivity index (χ4n) is 3.29. The molecule has 1 aliphatic rings. The topological polar surface area (TPSA) is 87.7 Å². The zero-order valence-corrected chi connectivity index (χ0v) is 17.0. The monoisotopic (exact) mass is 415 g/mol. The largest absolute Gasteiger partial charge is 0.497 e. The van der Waals surface area contributed by atoms with Crippen molar-refractivity contribution in [2.45, 2.75) is 25.4 Å². The van der Waals surface area contributed by atoms with E-state index in [4.69, 9.17) is 16.3 Å². The Kier molecular flexibility index (Phi) is 6.08. The predicted molar refractivity (Wildman–Crippen MR) is 109 cm³/mol. The highest BCUT2D eigenvalue weighted by molar-refractivity contribution is 6.30. The molecule has 0 unspecified atom stereocenters. The van der Waals surface area contributed by atoms with Crippen LogP contribution in [0.25, 0.3) is 0 Å².